The number of amides is 1. The molecule has 1 saturated carbocycles. The standard InChI is InChI=1S/C11H23N3O/c1-8(2)14(3)10(7-12)6-11(15)13-9-4-5-9/h8-10H,4-7,12H2,1-3H3,(H,13,15). The molecule has 4 nitrogen and oxygen atoms in total. The van der Waals surface area contributed by atoms with Gasteiger partial charge in [-0.2, -0.15) is 0 Å². The lowest BCUT2D eigenvalue weighted by molar-refractivity contribution is -0.122. The summed E-state index contributed by atoms with van der Waals surface area (Å²) >= 11 is 0. The molecule has 4 heteroatoms. The summed E-state index contributed by atoms with van der Waals surface area (Å²) in [5.74, 6) is 0.139. The minimum atomic E-state index is 0.139. The van der Waals surface area contributed by atoms with E-state index in [0.29, 0.717) is 25.0 Å². The Labute approximate surface area is 92.2 Å². The summed E-state index contributed by atoms with van der Waals surface area (Å²) in [6.45, 7) is 4.76. The first-order chi connectivity index (χ1) is 7.04. The van der Waals surface area contributed by atoms with Gasteiger partial charge in [-0.05, 0) is 33.7 Å². The molecule has 0 aromatic heterocycles. The molecule has 0 aromatic carbocycles. The number of nitrogens with two attached hydrogens (primary N) is 1. The van der Waals surface area contributed by atoms with Gasteiger partial charge in [-0.3, -0.25) is 9.69 Å². The summed E-state index contributed by atoms with van der Waals surface area (Å²) in [6, 6.07) is 1.02. The van der Waals surface area contributed by atoms with Crippen LogP contribution in [0.5, 0.6) is 0 Å². The molecule has 0 aromatic rings. The number of rotatable bonds is 6. The van der Waals surface area contributed by atoms with E-state index in [1.807, 2.05) is 7.05 Å². The van der Waals surface area contributed by atoms with Crippen molar-refractivity contribution in [2.24, 2.45) is 5.73 Å². The molecule has 3 N–H and O–H groups in total. The van der Waals surface area contributed by atoms with Gasteiger partial charge >= 0.3 is 0 Å². The van der Waals surface area contributed by atoms with Gasteiger partial charge in [0.05, 0.1) is 0 Å². The fourth-order valence-electron chi connectivity index (χ4n) is 1.54. The lowest BCUT2D eigenvalue weighted by atomic mass is 10.1. The molecule has 0 bridgehead atoms. The Balaban J connectivity index is 2.33. The van der Waals surface area contributed by atoms with Crippen LogP contribution in [0.25, 0.3) is 0 Å². The van der Waals surface area contributed by atoms with Crippen molar-refractivity contribution in [3.8, 4) is 0 Å². The highest BCUT2D eigenvalue weighted by molar-refractivity contribution is 5.77. The lowest BCUT2D eigenvalue weighted by Gasteiger charge is -2.29. The van der Waals surface area contributed by atoms with Gasteiger partial charge in [0.25, 0.3) is 0 Å². The van der Waals surface area contributed by atoms with E-state index in [4.69, 9.17) is 5.73 Å². The van der Waals surface area contributed by atoms with E-state index in [-0.39, 0.29) is 11.9 Å². The minimum absolute atomic E-state index is 0.139. The number of hydrogen-bond donors (Lipinski definition) is 2. The van der Waals surface area contributed by atoms with E-state index in [1.54, 1.807) is 0 Å². The van der Waals surface area contributed by atoms with Crippen molar-refractivity contribution in [3.63, 3.8) is 0 Å². The zero-order chi connectivity index (χ0) is 11.4. The average molecular weight is 213 g/mol. The molecule has 1 atom stereocenters. The monoisotopic (exact) mass is 213 g/mol. The van der Waals surface area contributed by atoms with Crippen molar-refractivity contribution in [1.29, 1.82) is 0 Å². The molecule has 1 rings (SSSR count). The molecule has 88 valence electrons. The van der Waals surface area contributed by atoms with Crippen LogP contribution in [-0.4, -0.2) is 42.5 Å². The number of hydrogen-bond acceptors (Lipinski definition) is 3. The van der Waals surface area contributed by atoms with Crippen molar-refractivity contribution in [2.45, 2.75) is 51.2 Å². The molecule has 1 fully saturated rings. The highest BCUT2D eigenvalue weighted by atomic mass is 16.1. The lowest BCUT2D eigenvalue weighted by Crippen LogP contribution is -2.45. The Kier molecular flexibility index (Phi) is 4.54. The molecule has 1 aliphatic carbocycles. The molecule has 15 heavy (non-hydrogen) atoms. The number of carbonyl (C=O) groups excluding carboxylic acids is 1. The normalized spacial score (nSPS) is 18.3. The van der Waals surface area contributed by atoms with Crippen molar-refractivity contribution in [2.75, 3.05) is 13.6 Å². The Bertz CT molecular complexity index is 214. The van der Waals surface area contributed by atoms with Crippen LogP contribution < -0.4 is 11.1 Å². The Morgan fingerprint density at radius 3 is 2.53 bits per heavy atom. The summed E-state index contributed by atoms with van der Waals surface area (Å²) in [5, 5.41) is 2.99. The Hall–Kier alpha value is -0.610. The topological polar surface area (TPSA) is 58.4 Å². The second kappa shape index (κ2) is 5.47. The van der Waals surface area contributed by atoms with E-state index in [9.17, 15) is 4.79 Å². The van der Waals surface area contributed by atoms with Crippen molar-refractivity contribution in [3.05, 3.63) is 0 Å². The second-order valence-electron chi connectivity index (χ2n) is 4.69. The first-order valence-corrected chi connectivity index (χ1v) is 5.76. The van der Waals surface area contributed by atoms with Crippen LogP contribution in [0.4, 0.5) is 0 Å². The van der Waals surface area contributed by atoms with E-state index in [0.717, 1.165) is 12.8 Å². The zero-order valence-corrected chi connectivity index (χ0v) is 9.99. The molecule has 0 saturated heterocycles. The van der Waals surface area contributed by atoms with Gasteiger partial charge < -0.3 is 11.1 Å². The van der Waals surface area contributed by atoms with Crippen molar-refractivity contribution in [1.82, 2.24) is 10.2 Å². The Morgan fingerprint density at radius 1 is 1.53 bits per heavy atom. The maximum atomic E-state index is 11.6. The van der Waals surface area contributed by atoms with Gasteiger partial charge in [0, 0.05) is 31.1 Å². The molecule has 0 spiro atoms. The predicted molar refractivity (Wildman–Crippen MR) is 61.5 cm³/mol. The first kappa shape index (κ1) is 12.5. The van der Waals surface area contributed by atoms with Crippen molar-refractivity contribution < 1.29 is 4.79 Å². The number of likely N-dealkylation sites (N-methyl/N-ethyl adjacent to an activating group) is 1. The van der Waals surface area contributed by atoms with Crippen LogP contribution in [0.15, 0.2) is 0 Å². The summed E-state index contributed by atoms with van der Waals surface area (Å²) in [7, 11) is 2.02. The molecule has 0 radical (unpaired) electrons. The minimum Gasteiger partial charge on any atom is -0.353 e. The highest BCUT2D eigenvalue weighted by Gasteiger charge is 2.25. The quantitative estimate of drug-likeness (QED) is 0.668. The maximum absolute atomic E-state index is 11.6. The molecule has 1 aliphatic rings. The molecular weight excluding hydrogens is 190 g/mol. The molecule has 0 aliphatic heterocycles. The fourth-order valence-corrected chi connectivity index (χ4v) is 1.54. The summed E-state index contributed by atoms with van der Waals surface area (Å²) < 4.78 is 0. The van der Waals surface area contributed by atoms with Gasteiger partial charge in [0.2, 0.25) is 5.91 Å². The molecule has 1 amide bonds. The number of carbonyl (C=O) groups is 1. The van der Waals surface area contributed by atoms with Gasteiger partial charge in [-0.1, -0.05) is 0 Å². The van der Waals surface area contributed by atoms with Crippen LogP contribution in [-0.2, 0) is 4.79 Å². The van der Waals surface area contributed by atoms with Gasteiger partial charge in [-0.15, -0.1) is 0 Å². The Morgan fingerprint density at radius 2 is 2.13 bits per heavy atom. The number of nitrogens with one attached hydrogen (secondary N) is 1. The van der Waals surface area contributed by atoms with Crippen LogP contribution in [0.3, 0.4) is 0 Å². The summed E-state index contributed by atoms with van der Waals surface area (Å²) in [4.78, 5) is 13.8. The maximum Gasteiger partial charge on any atom is 0.221 e. The third-order valence-electron chi connectivity index (χ3n) is 3.03. The highest BCUT2D eigenvalue weighted by Crippen LogP contribution is 2.19. The van der Waals surface area contributed by atoms with Crippen LogP contribution >= 0.6 is 0 Å². The van der Waals surface area contributed by atoms with E-state index >= 15 is 0 Å². The smallest absolute Gasteiger partial charge is 0.221 e. The van der Waals surface area contributed by atoms with Gasteiger partial charge in [-0.25, -0.2) is 0 Å². The summed E-state index contributed by atoms with van der Waals surface area (Å²) in [5.41, 5.74) is 5.68. The predicted octanol–water partition coefficient (Wildman–Crippen LogP) is 0.323. The molecular formula is C11H23N3O. The van der Waals surface area contributed by atoms with E-state index in [1.165, 1.54) is 0 Å². The molecule has 0 heterocycles. The average Bonchev–Trinajstić information content (AvgIpc) is 2.96. The molecule has 1 unspecified atom stereocenters. The van der Waals surface area contributed by atoms with Gasteiger partial charge in [0.1, 0.15) is 0 Å². The summed E-state index contributed by atoms with van der Waals surface area (Å²) in [6.07, 6.45) is 2.79. The van der Waals surface area contributed by atoms with E-state index < -0.39 is 0 Å². The first-order valence-electron chi connectivity index (χ1n) is 5.76. The zero-order valence-electron chi connectivity index (χ0n) is 9.99. The third-order valence-corrected chi connectivity index (χ3v) is 3.03. The largest absolute Gasteiger partial charge is 0.353 e. The fraction of sp³-hybridized carbons (Fsp3) is 0.909. The van der Waals surface area contributed by atoms with Gasteiger partial charge in [0.15, 0.2) is 0 Å². The van der Waals surface area contributed by atoms with Crippen LogP contribution in [0.1, 0.15) is 33.1 Å². The van der Waals surface area contributed by atoms with Crippen LogP contribution in [0, 0.1) is 0 Å². The third kappa shape index (κ3) is 4.18. The number of nitrogens with zero attached hydrogens (tertiary/aromatic N) is 1. The second-order valence-corrected chi connectivity index (χ2v) is 4.69. The van der Waals surface area contributed by atoms with E-state index in [2.05, 4.69) is 24.1 Å². The SMILES string of the molecule is CC(C)N(C)C(CN)CC(=O)NC1CC1. The van der Waals surface area contributed by atoms with Crippen LogP contribution in [0.2, 0.25) is 0 Å². The van der Waals surface area contributed by atoms with Crippen molar-refractivity contribution >= 4 is 5.91 Å².